The normalized spacial score (nSPS) is 33.2. The van der Waals surface area contributed by atoms with Crippen LogP contribution in [-0.4, -0.2) is 25.2 Å². The third kappa shape index (κ3) is 5.08. The molecule has 4 saturated carbocycles. The molecule has 4 heteroatoms. The molecule has 0 saturated heterocycles. The Balaban J connectivity index is 1.37. The molecule has 140 valence electrons. The van der Waals surface area contributed by atoms with E-state index in [0.717, 1.165) is 30.6 Å². The summed E-state index contributed by atoms with van der Waals surface area (Å²) in [6.07, 6.45) is 12.1. The highest BCUT2D eigenvalue weighted by atomic mass is 16.5. The van der Waals surface area contributed by atoms with Crippen LogP contribution in [0.2, 0.25) is 0 Å². The summed E-state index contributed by atoms with van der Waals surface area (Å²) in [4.78, 5) is 23.5. The Labute approximate surface area is 151 Å². The number of carbonyl (C=O) groups excluding carboxylic acids is 2. The van der Waals surface area contributed by atoms with Crippen molar-refractivity contribution < 1.29 is 19.1 Å². The van der Waals surface area contributed by atoms with Gasteiger partial charge in [-0.25, -0.2) is 9.59 Å². The van der Waals surface area contributed by atoms with Gasteiger partial charge < -0.3 is 9.47 Å². The van der Waals surface area contributed by atoms with E-state index in [4.69, 9.17) is 9.47 Å². The SMILES string of the molecule is CC(C)CCCOC(=O)/C=C/C(=O)OCC12CC3CC(CC(C3)C1)C2. The van der Waals surface area contributed by atoms with E-state index in [1.807, 2.05) is 0 Å². The summed E-state index contributed by atoms with van der Waals surface area (Å²) in [5, 5.41) is 0. The van der Waals surface area contributed by atoms with Gasteiger partial charge in [-0.1, -0.05) is 13.8 Å². The first-order valence-electron chi connectivity index (χ1n) is 9.96. The third-order valence-electron chi connectivity index (χ3n) is 6.21. The van der Waals surface area contributed by atoms with Gasteiger partial charge in [-0.05, 0) is 75.0 Å². The van der Waals surface area contributed by atoms with Crippen LogP contribution in [0.25, 0.3) is 0 Å². The minimum absolute atomic E-state index is 0.218. The van der Waals surface area contributed by atoms with Crippen molar-refractivity contribution in [1.82, 2.24) is 0 Å². The molecule has 4 rings (SSSR count). The van der Waals surface area contributed by atoms with Crippen LogP contribution in [0.5, 0.6) is 0 Å². The Morgan fingerprint density at radius 2 is 1.48 bits per heavy atom. The van der Waals surface area contributed by atoms with Crippen LogP contribution in [0.15, 0.2) is 12.2 Å². The van der Waals surface area contributed by atoms with E-state index in [2.05, 4.69) is 13.8 Å². The van der Waals surface area contributed by atoms with Crippen LogP contribution < -0.4 is 0 Å². The van der Waals surface area contributed by atoms with Gasteiger partial charge in [-0.15, -0.1) is 0 Å². The lowest BCUT2D eigenvalue weighted by Gasteiger charge is -2.56. The number of esters is 2. The first-order valence-corrected chi connectivity index (χ1v) is 9.96. The largest absolute Gasteiger partial charge is 0.463 e. The van der Waals surface area contributed by atoms with Gasteiger partial charge >= 0.3 is 11.9 Å². The van der Waals surface area contributed by atoms with Gasteiger partial charge in [0.1, 0.15) is 0 Å². The van der Waals surface area contributed by atoms with E-state index in [1.54, 1.807) is 0 Å². The average molecular weight is 348 g/mol. The Bertz CT molecular complexity index is 485. The molecular formula is C21H32O4. The second-order valence-electron chi connectivity index (χ2n) is 9.06. The highest BCUT2D eigenvalue weighted by Gasteiger charge is 2.51. The fourth-order valence-corrected chi connectivity index (χ4v) is 5.59. The molecule has 4 aliphatic rings. The van der Waals surface area contributed by atoms with E-state index in [1.165, 1.54) is 50.7 Å². The number of carbonyl (C=O) groups is 2. The Hall–Kier alpha value is -1.32. The number of hydrogen-bond donors (Lipinski definition) is 0. The van der Waals surface area contributed by atoms with E-state index >= 15 is 0 Å². The summed E-state index contributed by atoms with van der Waals surface area (Å²) in [5.74, 6) is 2.27. The van der Waals surface area contributed by atoms with Crippen molar-refractivity contribution in [3.05, 3.63) is 12.2 Å². The zero-order chi connectivity index (χ0) is 17.9. The molecule has 4 nitrogen and oxygen atoms in total. The standard InChI is InChI=1S/C21H32O4/c1-15(2)4-3-7-24-19(22)5-6-20(23)25-14-21-11-16-8-17(12-21)10-18(9-16)13-21/h5-6,15-18H,3-4,7-14H2,1-2H3/b6-5+. The smallest absolute Gasteiger partial charge is 0.331 e. The van der Waals surface area contributed by atoms with Crippen molar-refractivity contribution >= 4 is 11.9 Å². The zero-order valence-corrected chi connectivity index (χ0v) is 15.7. The minimum atomic E-state index is -0.462. The Kier molecular flexibility index (Phi) is 5.85. The molecule has 0 N–H and O–H groups in total. The Morgan fingerprint density at radius 3 is 2.00 bits per heavy atom. The zero-order valence-electron chi connectivity index (χ0n) is 15.7. The van der Waals surface area contributed by atoms with E-state index < -0.39 is 11.9 Å². The molecule has 0 atom stereocenters. The third-order valence-corrected chi connectivity index (χ3v) is 6.21. The molecule has 0 aromatic rings. The molecule has 4 fully saturated rings. The highest BCUT2D eigenvalue weighted by molar-refractivity contribution is 5.91. The van der Waals surface area contributed by atoms with Crippen molar-refractivity contribution in [3.8, 4) is 0 Å². The number of rotatable bonds is 8. The van der Waals surface area contributed by atoms with Gasteiger partial charge in [0.25, 0.3) is 0 Å². The molecule has 0 aliphatic heterocycles. The first kappa shape index (κ1) is 18.5. The lowest BCUT2D eigenvalue weighted by molar-refractivity contribution is -0.150. The molecule has 4 bridgehead atoms. The lowest BCUT2D eigenvalue weighted by Crippen LogP contribution is -2.48. The molecule has 0 heterocycles. The van der Waals surface area contributed by atoms with Crippen molar-refractivity contribution in [2.45, 2.75) is 65.2 Å². The topological polar surface area (TPSA) is 52.6 Å². The van der Waals surface area contributed by atoms with E-state index in [0.29, 0.717) is 19.1 Å². The summed E-state index contributed by atoms with van der Waals surface area (Å²) in [7, 11) is 0. The van der Waals surface area contributed by atoms with Crippen LogP contribution in [0.4, 0.5) is 0 Å². The van der Waals surface area contributed by atoms with Crippen LogP contribution >= 0.6 is 0 Å². The molecule has 0 unspecified atom stereocenters. The average Bonchev–Trinajstić information content (AvgIpc) is 2.54. The summed E-state index contributed by atoms with van der Waals surface area (Å²) in [6, 6.07) is 0. The predicted octanol–water partition coefficient (Wildman–Crippen LogP) is 4.28. The minimum Gasteiger partial charge on any atom is -0.463 e. The molecule has 0 spiro atoms. The van der Waals surface area contributed by atoms with Gasteiger partial charge in [0, 0.05) is 17.6 Å². The molecule has 0 radical (unpaired) electrons. The predicted molar refractivity (Wildman–Crippen MR) is 95.7 cm³/mol. The quantitative estimate of drug-likeness (QED) is 0.373. The van der Waals surface area contributed by atoms with E-state index in [9.17, 15) is 9.59 Å². The molecule has 0 aromatic heterocycles. The van der Waals surface area contributed by atoms with Crippen molar-refractivity contribution in [1.29, 1.82) is 0 Å². The second kappa shape index (κ2) is 7.92. The van der Waals surface area contributed by atoms with Crippen LogP contribution in [0.1, 0.15) is 65.2 Å². The number of ether oxygens (including phenoxy) is 2. The van der Waals surface area contributed by atoms with Crippen LogP contribution in [0, 0.1) is 29.1 Å². The summed E-state index contributed by atoms with van der Waals surface area (Å²) in [5.41, 5.74) is 0.218. The summed E-state index contributed by atoms with van der Waals surface area (Å²) in [6.45, 7) is 5.20. The maximum atomic E-state index is 11.9. The summed E-state index contributed by atoms with van der Waals surface area (Å²) < 4.78 is 10.6. The fraction of sp³-hybridized carbons (Fsp3) is 0.810. The van der Waals surface area contributed by atoms with Crippen molar-refractivity contribution in [2.75, 3.05) is 13.2 Å². The van der Waals surface area contributed by atoms with Crippen LogP contribution in [0.3, 0.4) is 0 Å². The van der Waals surface area contributed by atoms with Crippen molar-refractivity contribution in [2.24, 2.45) is 29.1 Å². The maximum absolute atomic E-state index is 11.9. The van der Waals surface area contributed by atoms with Gasteiger partial charge in [-0.2, -0.15) is 0 Å². The molecule has 25 heavy (non-hydrogen) atoms. The molecule has 0 aromatic carbocycles. The lowest BCUT2D eigenvalue weighted by atomic mass is 9.50. The van der Waals surface area contributed by atoms with Gasteiger partial charge in [-0.3, -0.25) is 0 Å². The van der Waals surface area contributed by atoms with Crippen LogP contribution in [-0.2, 0) is 19.1 Å². The fourth-order valence-electron chi connectivity index (χ4n) is 5.59. The van der Waals surface area contributed by atoms with Crippen molar-refractivity contribution in [3.63, 3.8) is 0 Å². The van der Waals surface area contributed by atoms with Gasteiger partial charge in [0.2, 0.25) is 0 Å². The Morgan fingerprint density at radius 1 is 0.960 bits per heavy atom. The highest BCUT2D eigenvalue weighted by Crippen LogP contribution is 2.60. The molecule has 0 amide bonds. The second-order valence-corrected chi connectivity index (χ2v) is 9.06. The molecule has 4 aliphatic carbocycles. The van der Waals surface area contributed by atoms with Gasteiger partial charge in [0.05, 0.1) is 13.2 Å². The van der Waals surface area contributed by atoms with E-state index in [-0.39, 0.29) is 5.41 Å². The monoisotopic (exact) mass is 348 g/mol. The first-order chi connectivity index (χ1) is 11.9. The number of hydrogen-bond acceptors (Lipinski definition) is 4. The summed E-state index contributed by atoms with van der Waals surface area (Å²) >= 11 is 0. The van der Waals surface area contributed by atoms with Gasteiger partial charge in [0.15, 0.2) is 0 Å². The maximum Gasteiger partial charge on any atom is 0.331 e. The molecular weight excluding hydrogens is 316 g/mol.